The first-order valence-electron chi connectivity index (χ1n) is 8.75. The number of nitrogens with one attached hydrogen (secondary N) is 1. The van der Waals surface area contributed by atoms with Crippen molar-refractivity contribution in [2.75, 3.05) is 0 Å². The first kappa shape index (κ1) is 19.0. The molecule has 3 rings (SSSR count). The number of carbonyl (C=O) groups is 1. The number of nitrogens with zero attached hydrogens (tertiary/aromatic N) is 2. The molecule has 0 bridgehead atoms. The fraction of sp³-hybridized carbons (Fsp3) is 0.300. The Bertz CT molecular complexity index is 946. The van der Waals surface area contributed by atoms with E-state index in [1.54, 1.807) is 24.3 Å². The second-order valence-electron chi connectivity index (χ2n) is 6.24. The van der Waals surface area contributed by atoms with Crippen LogP contribution < -0.4 is 10.1 Å². The van der Waals surface area contributed by atoms with E-state index in [-0.39, 0.29) is 18.3 Å². The smallest absolute Gasteiger partial charge is 0.287 e. The molecule has 0 saturated heterocycles. The number of aryl methyl sites for hydroxylation is 3. The van der Waals surface area contributed by atoms with Crippen LogP contribution in [0.5, 0.6) is 5.75 Å². The summed E-state index contributed by atoms with van der Waals surface area (Å²) in [7, 11) is 0. The van der Waals surface area contributed by atoms with Crippen LogP contribution in [0.2, 0.25) is 5.02 Å². The van der Waals surface area contributed by atoms with Crippen molar-refractivity contribution in [2.45, 2.75) is 40.5 Å². The summed E-state index contributed by atoms with van der Waals surface area (Å²) < 4.78 is 13.1. The van der Waals surface area contributed by atoms with Gasteiger partial charge >= 0.3 is 0 Å². The highest BCUT2D eigenvalue weighted by Gasteiger charge is 2.13. The lowest BCUT2D eigenvalue weighted by Crippen LogP contribution is -2.22. The van der Waals surface area contributed by atoms with Crippen LogP contribution in [0.25, 0.3) is 0 Å². The molecule has 0 radical (unpaired) electrons. The number of halogens is 1. The summed E-state index contributed by atoms with van der Waals surface area (Å²) in [6, 6.07) is 8.82. The molecule has 0 aliphatic carbocycles. The number of aromatic nitrogens is 2. The van der Waals surface area contributed by atoms with Crippen molar-refractivity contribution in [1.82, 2.24) is 15.1 Å². The van der Waals surface area contributed by atoms with Crippen molar-refractivity contribution in [3.05, 3.63) is 69.9 Å². The van der Waals surface area contributed by atoms with E-state index in [1.165, 1.54) is 0 Å². The summed E-state index contributed by atoms with van der Waals surface area (Å²) in [6.45, 7) is 7.29. The average Bonchev–Trinajstić information content (AvgIpc) is 3.27. The van der Waals surface area contributed by atoms with Gasteiger partial charge in [0.1, 0.15) is 18.1 Å². The molecule has 27 heavy (non-hydrogen) atoms. The standard InChI is InChI=1S/C20H22ClN3O3/c1-4-24-11-15(14(3)23-24)10-22-20(25)19-8-6-17(27-19)12-26-16-5-7-18(21)13(2)9-16/h5-9,11H,4,10,12H2,1-3H3,(H,22,25). The maximum atomic E-state index is 12.3. The fourth-order valence-corrected chi connectivity index (χ4v) is 2.71. The van der Waals surface area contributed by atoms with Crippen molar-refractivity contribution < 1.29 is 13.9 Å². The van der Waals surface area contributed by atoms with Crippen molar-refractivity contribution in [1.29, 1.82) is 0 Å². The monoisotopic (exact) mass is 387 g/mol. The lowest BCUT2D eigenvalue weighted by molar-refractivity contribution is 0.0919. The van der Waals surface area contributed by atoms with Gasteiger partial charge < -0.3 is 14.5 Å². The number of ether oxygens (including phenoxy) is 1. The molecule has 142 valence electrons. The summed E-state index contributed by atoms with van der Waals surface area (Å²) in [4.78, 5) is 12.3. The van der Waals surface area contributed by atoms with Gasteiger partial charge in [0.05, 0.1) is 5.69 Å². The van der Waals surface area contributed by atoms with Gasteiger partial charge in [0.25, 0.3) is 5.91 Å². The highest BCUT2D eigenvalue weighted by Crippen LogP contribution is 2.22. The van der Waals surface area contributed by atoms with Gasteiger partial charge in [0.15, 0.2) is 5.76 Å². The molecule has 0 saturated carbocycles. The summed E-state index contributed by atoms with van der Waals surface area (Å²) in [5.74, 6) is 1.25. The van der Waals surface area contributed by atoms with E-state index in [4.69, 9.17) is 20.8 Å². The maximum absolute atomic E-state index is 12.3. The summed E-state index contributed by atoms with van der Waals surface area (Å²) in [5, 5.41) is 7.91. The fourth-order valence-electron chi connectivity index (χ4n) is 2.60. The number of carbonyl (C=O) groups excluding carboxylic acids is 1. The SMILES string of the molecule is CCn1cc(CNC(=O)c2ccc(COc3ccc(Cl)c(C)c3)o2)c(C)n1. The minimum Gasteiger partial charge on any atom is -0.486 e. The number of hydrogen-bond donors (Lipinski definition) is 1. The Hall–Kier alpha value is -2.73. The molecular formula is C20H22ClN3O3. The zero-order valence-corrected chi connectivity index (χ0v) is 16.3. The largest absolute Gasteiger partial charge is 0.486 e. The Labute approximate surface area is 163 Å². The molecular weight excluding hydrogens is 366 g/mol. The molecule has 1 amide bonds. The van der Waals surface area contributed by atoms with Crippen molar-refractivity contribution in [3.8, 4) is 5.75 Å². The van der Waals surface area contributed by atoms with Gasteiger partial charge in [-0.25, -0.2) is 0 Å². The first-order valence-corrected chi connectivity index (χ1v) is 9.13. The summed E-state index contributed by atoms with van der Waals surface area (Å²) in [5.41, 5.74) is 2.83. The Kier molecular flexibility index (Phi) is 5.86. The molecule has 1 aromatic carbocycles. The van der Waals surface area contributed by atoms with Crippen molar-refractivity contribution in [3.63, 3.8) is 0 Å². The number of amides is 1. The van der Waals surface area contributed by atoms with Gasteiger partial charge in [-0.1, -0.05) is 11.6 Å². The maximum Gasteiger partial charge on any atom is 0.287 e. The normalized spacial score (nSPS) is 10.8. The van der Waals surface area contributed by atoms with Gasteiger partial charge in [-0.2, -0.15) is 5.10 Å². The molecule has 0 atom stereocenters. The Morgan fingerprint density at radius 3 is 2.81 bits per heavy atom. The number of hydrogen-bond acceptors (Lipinski definition) is 4. The molecule has 0 spiro atoms. The lowest BCUT2D eigenvalue weighted by atomic mass is 10.2. The van der Waals surface area contributed by atoms with E-state index < -0.39 is 0 Å². The topological polar surface area (TPSA) is 69.3 Å². The van der Waals surface area contributed by atoms with Crippen LogP contribution >= 0.6 is 11.6 Å². The molecule has 0 fully saturated rings. The van der Waals surface area contributed by atoms with Crippen LogP contribution in [0.3, 0.4) is 0 Å². The molecule has 6 nitrogen and oxygen atoms in total. The highest BCUT2D eigenvalue weighted by atomic mass is 35.5. The Morgan fingerprint density at radius 1 is 1.30 bits per heavy atom. The first-order chi connectivity index (χ1) is 13.0. The molecule has 0 unspecified atom stereocenters. The van der Waals surface area contributed by atoms with Gasteiger partial charge in [-0.15, -0.1) is 0 Å². The second-order valence-corrected chi connectivity index (χ2v) is 6.65. The number of rotatable bonds is 7. The van der Waals surface area contributed by atoms with E-state index in [1.807, 2.05) is 37.7 Å². The van der Waals surface area contributed by atoms with Crippen LogP contribution in [-0.4, -0.2) is 15.7 Å². The zero-order valence-electron chi connectivity index (χ0n) is 15.6. The zero-order chi connectivity index (χ0) is 19.4. The minimum atomic E-state index is -0.271. The van der Waals surface area contributed by atoms with Crippen LogP contribution in [-0.2, 0) is 19.7 Å². The quantitative estimate of drug-likeness (QED) is 0.657. The molecule has 2 heterocycles. The van der Waals surface area contributed by atoms with Gasteiger partial charge in [0.2, 0.25) is 0 Å². The van der Waals surface area contributed by atoms with Crippen LogP contribution in [0.15, 0.2) is 40.9 Å². The number of furan rings is 1. The average molecular weight is 388 g/mol. The molecule has 0 aliphatic heterocycles. The molecule has 1 N–H and O–H groups in total. The number of benzene rings is 1. The van der Waals surface area contributed by atoms with E-state index in [0.717, 1.165) is 23.4 Å². The molecule has 7 heteroatoms. The van der Waals surface area contributed by atoms with Crippen LogP contribution in [0.1, 0.15) is 40.1 Å². The molecule has 0 aliphatic rings. The van der Waals surface area contributed by atoms with Gasteiger partial charge in [-0.05, 0) is 56.7 Å². The van der Waals surface area contributed by atoms with Crippen molar-refractivity contribution >= 4 is 17.5 Å². The van der Waals surface area contributed by atoms with Crippen molar-refractivity contribution in [2.24, 2.45) is 0 Å². The van der Waals surface area contributed by atoms with Crippen LogP contribution in [0.4, 0.5) is 0 Å². The summed E-state index contributed by atoms with van der Waals surface area (Å²) >= 11 is 6.01. The third-order valence-corrected chi connectivity index (χ3v) is 4.63. The summed E-state index contributed by atoms with van der Waals surface area (Å²) in [6.07, 6.45) is 1.94. The predicted molar refractivity (Wildman–Crippen MR) is 103 cm³/mol. The molecule has 3 aromatic rings. The van der Waals surface area contributed by atoms with E-state index >= 15 is 0 Å². The minimum absolute atomic E-state index is 0.233. The third-order valence-electron chi connectivity index (χ3n) is 4.21. The Morgan fingerprint density at radius 2 is 2.11 bits per heavy atom. The third kappa shape index (κ3) is 4.71. The lowest BCUT2D eigenvalue weighted by Gasteiger charge is -2.06. The Balaban J connectivity index is 1.55. The molecule has 2 aromatic heterocycles. The second kappa shape index (κ2) is 8.31. The van der Waals surface area contributed by atoms with Gasteiger partial charge in [0, 0.05) is 29.9 Å². The predicted octanol–water partition coefficient (Wildman–Crippen LogP) is 4.28. The van der Waals surface area contributed by atoms with E-state index in [0.29, 0.717) is 23.1 Å². The van der Waals surface area contributed by atoms with E-state index in [9.17, 15) is 4.79 Å². The highest BCUT2D eigenvalue weighted by molar-refractivity contribution is 6.31. The van der Waals surface area contributed by atoms with Gasteiger partial charge in [-0.3, -0.25) is 9.48 Å². The van der Waals surface area contributed by atoms with E-state index in [2.05, 4.69) is 10.4 Å². The van der Waals surface area contributed by atoms with Crippen LogP contribution in [0, 0.1) is 13.8 Å².